The molecule has 0 heteroatoms. The second-order valence-corrected chi connectivity index (χ2v) is 13.0. The Morgan fingerprint density at radius 3 is 1.27 bits per heavy atom. The summed E-state index contributed by atoms with van der Waals surface area (Å²) in [5.74, 6) is 0. The summed E-state index contributed by atoms with van der Waals surface area (Å²) < 4.78 is 0. The first-order valence-corrected chi connectivity index (χ1v) is 10.4. The van der Waals surface area contributed by atoms with Gasteiger partial charge in [0.15, 0.2) is 0 Å². The molecule has 0 radical (unpaired) electrons. The van der Waals surface area contributed by atoms with Crippen LogP contribution in [0.4, 0.5) is 0 Å². The molecule has 0 bridgehead atoms. The van der Waals surface area contributed by atoms with Crippen LogP contribution in [-0.2, 0) is 0 Å². The van der Waals surface area contributed by atoms with Crippen molar-refractivity contribution < 1.29 is 0 Å². The highest BCUT2D eigenvalue weighted by molar-refractivity contribution is 5.42. The molecule has 1 rings (SSSR count). The van der Waals surface area contributed by atoms with Crippen LogP contribution in [0.2, 0.25) is 0 Å². The molecule has 0 heterocycles. The molecule has 1 saturated carbocycles. The van der Waals surface area contributed by atoms with Gasteiger partial charge in [0.25, 0.3) is 0 Å². The van der Waals surface area contributed by atoms with Crippen LogP contribution in [0.3, 0.4) is 0 Å². The Kier molecular flexibility index (Phi) is 5.19. The Morgan fingerprint density at radius 2 is 1.04 bits per heavy atom. The van der Waals surface area contributed by atoms with E-state index in [-0.39, 0.29) is 37.9 Å². The maximum absolute atomic E-state index is 4.57. The van der Waals surface area contributed by atoms with Crippen molar-refractivity contribution >= 4 is 0 Å². The standard InChI is InChI=1S/C26H48/c1-18(2)26(19(3)4)22(11,12)24(15,17-20(5,6)7)25(16,21(8,9)10)23(26,13)14/h1,3,17H2,2,4-16H3/t24-,25-/m1/s1. The van der Waals surface area contributed by atoms with Crippen LogP contribution < -0.4 is 0 Å². The highest BCUT2D eigenvalue weighted by Crippen LogP contribution is 2.86. The molecular formula is C26H48. The van der Waals surface area contributed by atoms with Crippen molar-refractivity contribution in [3.63, 3.8) is 0 Å². The second-order valence-electron chi connectivity index (χ2n) is 13.0. The summed E-state index contributed by atoms with van der Waals surface area (Å²) in [5, 5.41) is 0. The zero-order valence-electron chi connectivity index (χ0n) is 20.6. The molecule has 0 aliphatic heterocycles. The topological polar surface area (TPSA) is 0 Å². The molecular weight excluding hydrogens is 312 g/mol. The molecule has 1 aliphatic rings. The summed E-state index contributed by atoms with van der Waals surface area (Å²) in [7, 11) is 0. The summed E-state index contributed by atoms with van der Waals surface area (Å²) in [6.07, 6.45) is 1.19. The molecule has 1 fully saturated rings. The van der Waals surface area contributed by atoms with E-state index in [0.717, 1.165) is 0 Å². The smallest absolute Gasteiger partial charge is 0.0223 e. The third-order valence-corrected chi connectivity index (χ3v) is 9.27. The van der Waals surface area contributed by atoms with E-state index >= 15 is 0 Å². The van der Waals surface area contributed by atoms with Crippen LogP contribution >= 0.6 is 0 Å². The normalized spacial score (nSPS) is 33.2. The lowest BCUT2D eigenvalue weighted by Gasteiger charge is -2.60. The molecule has 0 aromatic heterocycles. The van der Waals surface area contributed by atoms with Crippen molar-refractivity contribution in [1.82, 2.24) is 0 Å². The summed E-state index contributed by atoms with van der Waals surface area (Å²) in [5.41, 5.74) is 3.13. The zero-order valence-corrected chi connectivity index (χ0v) is 20.6. The lowest BCUT2D eigenvalue weighted by molar-refractivity contribution is -0.123. The fraction of sp³-hybridized carbons (Fsp3) is 0.846. The van der Waals surface area contributed by atoms with Crippen molar-refractivity contribution in [2.24, 2.45) is 37.9 Å². The molecule has 26 heavy (non-hydrogen) atoms. The van der Waals surface area contributed by atoms with E-state index in [9.17, 15) is 0 Å². The first-order valence-electron chi connectivity index (χ1n) is 10.4. The molecule has 0 saturated heterocycles. The van der Waals surface area contributed by atoms with E-state index in [4.69, 9.17) is 0 Å². The predicted octanol–water partition coefficient (Wildman–Crippen LogP) is 8.69. The van der Waals surface area contributed by atoms with Gasteiger partial charge in [-0.15, -0.1) is 0 Å². The molecule has 152 valence electrons. The van der Waals surface area contributed by atoms with E-state index in [1.807, 2.05) is 0 Å². The Hall–Kier alpha value is -0.520. The minimum absolute atomic E-state index is 0.0272. The number of allylic oxidation sites excluding steroid dienone is 2. The van der Waals surface area contributed by atoms with Crippen molar-refractivity contribution in [2.45, 2.75) is 103 Å². The lowest BCUT2D eigenvalue weighted by Crippen LogP contribution is -2.54. The quantitative estimate of drug-likeness (QED) is 0.441. The van der Waals surface area contributed by atoms with Gasteiger partial charge in [-0.25, -0.2) is 0 Å². The molecule has 0 unspecified atom stereocenters. The summed E-state index contributed by atoms with van der Waals surface area (Å²) in [6.45, 7) is 43.3. The third-order valence-electron chi connectivity index (χ3n) is 9.27. The highest BCUT2D eigenvalue weighted by Gasteiger charge is 2.80. The van der Waals surface area contributed by atoms with E-state index in [1.54, 1.807) is 0 Å². The van der Waals surface area contributed by atoms with E-state index in [2.05, 4.69) is 110 Å². The number of hydrogen-bond acceptors (Lipinski definition) is 0. The molecule has 0 N–H and O–H groups in total. The van der Waals surface area contributed by atoms with E-state index in [0.29, 0.717) is 0 Å². The Morgan fingerprint density at radius 1 is 0.692 bits per heavy atom. The SMILES string of the molecule is C=C(C)C1(C(=C)C)C(C)(C)[C@@](C)(C(C)(C)C)[C@](C)(CC(C)(C)C)C1(C)C. The van der Waals surface area contributed by atoms with Crippen LogP contribution in [0.15, 0.2) is 24.3 Å². The van der Waals surface area contributed by atoms with Crippen molar-refractivity contribution in [1.29, 1.82) is 0 Å². The van der Waals surface area contributed by atoms with Crippen LogP contribution in [0.25, 0.3) is 0 Å². The molecule has 0 aromatic rings. The molecule has 0 spiro atoms. The average Bonchev–Trinajstić information content (AvgIpc) is 2.39. The van der Waals surface area contributed by atoms with Gasteiger partial charge in [0.1, 0.15) is 0 Å². The fourth-order valence-electron chi connectivity index (χ4n) is 8.61. The van der Waals surface area contributed by atoms with Gasteiger partial charge in [0.05, 0.1) is 0 Å². The molecule has 2 atom stereocenters. The fourth-order valence-corrected chi connectivity index (χ4v) is 8.61. The molecule has 0 amide bonds. The van der Waals surface area contributed by atoms with Gasteiger partial charge in [-0.3, -0.25) is 0 Å². The molecule has 0 nitrogen and oxygen atoms in total. The summed E-state index contributed by atoms with van der Waals surface area (Å²) >= 11 is 0. The van der Waals surface area contributed by atoms with Gasteiger partial charge in [-0.2, -0.15) is 0 Å². The van der Waals surface area contributed by atoms with Gasteiger partial charge in [-0.1, -0.05) is 107 Å². The first kappa shape index (κ1) is 23.5. The lowest BCUT2D eigenvalue weighted by atomic mass is 9.44. The largest absolute Gasteiger partial charge is 0.0992 e. The Balaban J connectivity index is 4.20. The Labute approximate surface area is 165 Å². The summed E-state index contributed by atoms with van der Waals surface area (Å²) in [4.78, 5) is 0. The van der Waals surface area contributed by atoms with E-state index < -0.39 is 0 Å². The van der Waals surface area contributed by atoms with Gasteiger partial charge in [0, 0.05) is 5.41 Å². The van der Waals surface area contributed by atoms with E-state index in [1.165, 1.54) is 17.6 Å². The maximum Gasteiger partial charge on any atom is 0.0223 e. The van der Waals surface area contributed by atoms with Gasteiger partial charge in [0.2, 0.25) is 0 Å². The first-order chi connectivity index (χ1) is 11.1. The van der Waals surface area contributed by atoms with Crippen molar-refractivity contribution in [3.05, 3.63) is 24.3 Å². The third kappa shape index (κ3) is 2.32. The molecule has 0 aromatic carbocycles. The average molecular weight is 361 g/mol. The minimum Gasteiger partial charge on any atom is -0.0992 e. The van der Waals surface area contributed by atoms with Gasteiger partial charge in [-0.05, 0) is 52.8 Å². The minimum atomic E-state index is -0.109. The van der Waals surface area contributed by atoms with Gasteiger partial charge < -0.3 is 0 Å². The predicted molar refractivity (Wildman–Crippen MR) is 119 cm³/mol. The monoisotopic (exact) mass is 360 g/mol. The zero-order chi connectivity index (χ0) is 21.4. The number of hydrogen-bond donors (Lipinski definition) is 0. The van der Waals surface area contributed by atoms with Crippen molar-refractivity contribution in [3.8, 4) is 0 Å². The highest BCUT2D eigenvalue weighted by atomic mass is 14.8. The van der Waals surface area contributed by atoms with Crippen LogP contribution in [0.1, 0.15) is 103 Å². The Bertz CT molecular complexity index is 585. The second kappa shape index (κ2) is 5.74. The van der Waals surface area contributed by atoms with Gasteiger partial charge >= 0.3 is 0 Å². The molecule has 1 aliphatic carbocycles. The van der Waals surface area contributed by atoms with Crippen LogP contribution in [-0.4, -0.2) is 0 Å². The number of rotatable bonds is 3. The maximum atomic E-state index is 4.57. The summed E-state index contributed by atoms with van der Waals surface area (Å²) in [6, 6.07) is 0. The van der Waals surface area contributed by atoms with Crippen molar-refractivity contribution in [2.75, 3.05) is 0 Å². The van der Waals surface area contributed by atoms with Crippen LogP contribution in [0, 0.1) is 37.9 Å². The van der Waals surface area contributed by atoms with Crippen LogP contribution in [0.5, 0.6) is 0 Å².